The Hall–Kier alpha value is -0.250. The molecule has 0 radical (unpaired) electrons. The highest BCUT2D eigenvalue weighted by atomic mass is 79.9. The Kier molecular flexibility index (Phi) is 2.99. The highest BCUT2D eigenvalue weighted by Crippen LogP contribution is 2.29. The van der Waals surface area contributed by atoms with Crippen LogP contribution in [0.25, 0.3) is 0 Å². The van der Waals surface area contributed by atoms with Gasteiger partial charge in [0, 0.05) is 4.47 Å². The largest absolute Gasteiger partial charge is 0.478 e. The first-order valence-corrected chi connectivity index (χ1v) is 4.45. The molecule has 0 amide bonds. The van der Waals surface area contributed by atoms with Crippen LogP contribution in [0.1, 0.15) is 10.4 Å². The quantitative estimate of drug-likeness (QED) is 0.793. The van der Waals surface area contributed by atoms with Gasteiger partial charge in [0.1, 0.15) is 0 Å². The van der Waals surface area contributed by atoms with Crippen LogP contribution in [-0.4, -0.2) is 11.1 Å². The van der Waals surface area contributed by atoms with Crippen molar-refractivity contribution in [3.05, 3.63) is 32.2 Å². The first kappa shape index (κ1) is 9.84. The molecule has 1 rings (SSSR count). The van der Waals surface area contributed by atoms with E-state index in [0.717, 1.165) is 0 Å². The molecule has 0 bridgehead atoms. The summed E-state index contributed by atoms with van der Waals surface area (Å²) in [5.74, 6) is -1.09. The minimum Gasteiger partial charge on any atom is -0.478 e. The monoisotopic (exact) mass is 268 g/mol. The van der Waals surface area contributed by atoms with Crippen LogP contribution in [0.3, 0.4) is 0 Å². The second-order valence-corrected chi connectivity index (χ2v) is 3.72. The van der Waals surface area contributed by atoms with Gasteiger partial charge in [-0.2, -0.15) is 0 Å². The van der Waals surface area contributed by atoms with Crippen molar-refractivity contribution in [2.75, 3.05) is 0 Å². The summed E-state index contributed by atoms with van der Waals surface area (Å²) in [6, 6.07) is 2.75. The van der Waals surface area contributed by atoms with Crippen LogP contribution in [0, 0.1) is 0 Å². The van der Waals surface area contributed by atoms with Crippen molar-refractivity contribution in [2.24, 2.45) is 0 Å². The van der Waals surface area contributed by atoms with E-state index in [1.54, 1.807) is 0 Å². The molecule has 0 fully saturated rings. The van der Waals surface area contributed by atoms with E-state index in [4.69, 9.17) is 28.3 Å². The molecule has 64 valence electrons. The van der Waals surface area contributed by atoms with Crippen LogP contribution in [0.4, 0.5) is 0 Å². The van der Waals surface area contributed by atoms with E-state index >= 15 is 0 Å². The predicted octanol–water partition coefficient (Wildman–Crippen LogP) is 3.45. The number of halogens is 3. The van der Waals surface area contributed by atoms with Gasteiger partial charge < -0.3 is 5.11 Å². The minimum absolute atomic E-state index is 0.00451. The fraction of sp³-hybridized carbons (Fsp3) is 0. The van der Waals surface area contributed by atoms with Crippen LogP contribution in [0.5, 0.6) is 0 Å². The maximum atomic E-state index is 10.5. The van der Waals surface area contributed by atoms with E-state index in [9.17, 15) is 4.79 Å². The zero-order valence-electron chi connectivity index (χ0n) is 5.64. The first-order valence-electron chi connectivity index (χ1n) is 2.90. The maximum absolute atomic E-state index is 10.5. The lowest BCUT2D eigenvalue weighted by Gasteiger charge is -2.00. The number of carbonyl (C=O) groups is 1. The lowest BCUT2D eigenvalue weighted by molar-refractivity contribution is 0.0697. The van der Waals surface area contributed by atoms with E-state index in [1.165, 1.54) is 12.1 Å². The topological polar surface area (TPSA) is 37.3 Å². The Bertz CT molecular complexity index is 338. The summed E-state index contributed by atoms with van der Waals surface area (Å²) in [7, 11) is 0. The fourth-order valence-corrected chi connectivity index (χ4v) is 1.57. The summed E-state index contributed by atoms with van der Waals surface area (Å²) in [6.07, 6.45) is 0. The van der Waals surface area contributed by atoms with Gasteiger partial charge in [-0.1, -0.05) is 23.2 Å². The van der Waals surface area contributed by atoms with Crippen LogP contribution in [0.2, 0.25) is 10.0 Å². The molecule has 0 spiro atoms. The molecule has 0 aliphatic heterocycles. The molecule has 0 saturated carbocycles. The Labute approximate surface area is 87.2 Å². The highest BCUT2D eigenvalue weighted by Gasteiger charge is 2.10. The predicted molar refractivity (Wildman–Crippen MR) is 51.1 cm³/mol. The fourth-order valence-electron chi connectivity index (χ4n) is 0.686. The van der Waals surface area contributed by atoms with Crippen molar-refractivity contribution >= 4 is 45.1 Å². The average Bonchev–Trinajstić information content (AvgIpc) is 1.96. The second kappa shape index (κ2) is 3.64. The number of rotatable bonds is 1. The molecule has 0 aliphatic carbocycles. The summed E-state index contributed by atoms with van der Waals surface area (Å²) in [5, 5.41) is 9.12. The van der Waals surface area contributed by atoms with Gasteiger partial charge in [0.05, 0.1) is 15.6 Å². The zero-order valence-corrected chi connectivity index (χ0v) is 8.74. The molecule has 1 aromatic rings. The third kappa shape index (κ3) is 1.91. The summed E-state index contributed by atoms with van der Waals surface area (Å²) >= 11 is 14.4. The molecule has 0 heterocycles. The Morgan fingerprint density at radius 1 is 1.33 bits per heavy atom. The van der Waals surface area contributed by atoms with Crippen LogP contribution in [-0.2, 0) is 0 Å². The van der Waals surface area contributed by atoms with Gasteiger partial charge in [0.25, 0.3) is 0 Å². The number of carboxylic acid groups (broad SMARTS) is 1. The van der Waals surface area contributed by atoms with E-state index in [1.807, 2.05) is 0 Å². The molecule has 5 heteroatoms. The molecule has 2 nitrogen and oxygen atoms in total. The standard InChI is InChI=1S/C7H3BrCl2O2/c8-4-2-5(9)3(7(11)12)1-6(4)10/h1-2H,(H,11,12). The van der Waals surface area contributed by atoms with Crippen LogP contribution in [0.15, 0.2) is 16.6 Å². The molecular weight excluding hydrogens is 267 g/mol. The van der Waals surface area contributed by atoms with Gasteiger partial charge in [-0.3, -0.25) is 0 Å². The van der Waals surface area contributed by atoms with Gasteiger partial charge in [-0.05, 0) is 28.1 Å². The van der Waals surface area contributed by atoms with E-state index in [-0.39, 0.29) is 10.6 Å². The number of aromatic carboxylic acids is 1. The van der Waals surface area contributed by atoms with Crippen LogP contribution >= 0.6 is 39.1 Å². The lowest BCUT2D eigenvalue weighted by Crippen LogP contribution is -1.97. The first-order chi connectivity index (χ1) is 5.52. The van der Waals surface area contributed by atoms with Crippen molar-refractivity contribution in [3.8, 4) is 0 Å². The van der Waals surface area contributed by atoms with Crippen molar-refractivity contribution in [1.82, 2.24) is 0 Å². The number of hydrogen-bond acceptors (Lipinski definition) is 1. The second-order valence-electron chi connectivity index (χ2n) is 2.05. The van der Waals surface area contributed by atoms with Crippen molar-refractivity contribution in [1.29, 1.82) is 0 Å². The summed E-state index contributed by atoms with van der Waals surface area (Å²) in [4.78, 5) is 10.5. The molecule has 1 aromatic carbocycles. The van der Waals surface area contributed by atoms with Gasteiger partial charge in [-0.25, -0.2) is 4.79 Å². The maximum Gasteiger partial charge on any atom is 0.337 e. The number of benzene rings is 1. The third-order valence-electron chi connectivity index (χ3n) is 1.24. The number of carboxylic acids is 1. The van der Waals surface area contributed by atoms with Gasteiger partial charge >= 0.3 is 5.97 Å². The number of hydrogen-bond donors (Lipinski definition) is 1. The molecular formula is C7H3BrCl2O2. The van der Waals surface area contributed by atoms with Gasteiger partial charge in [-0.15, -0.1) is 0 Å². The molecule has 0 aliphatic rings. The molecule has 0 saturated heterocycles. The highest BCUT2D eigenvalue weighted by molar-refractivity contribution is 9.10. The average molecular weight is 270 g/mol. The summed E-state index contributed by atoms with van der Waals surface area (Å²) < 4.78 is 0.583. The molecule has 0 aromatic heterocycles. The van der Waals surface area contributed by atoms with Crippen molar-refractivity contribution < 1.29 is 9.90 Å². The molecule has 12 heavy (non-hydrogen) atoms. The SMILES string of the molecule is O=C(O)c1cc(Cl)c(Br)cc1Cl. The van der Waals surface area contributed by atoms with Gasteiger partial charge in [0.2, 0.25) is 0 Å². The Morgan fingerprint density at radius 2 is 1.92 bits per heavy atom. The molecule has 1 N–H and O–H groups in total. The lowest BCUT2D eigenvalue weighted by atomic mass is 10.2. The third-order valence-corrected chi connectivity index (χ3v) is 2.75. The van der Waals surface area contributed by atoms with E-state index in [2.05, 4.69) is 15.9 Å². The normalized spacial score (nSPS) is 9.92. The van der Waals surface area contributed by atoms with Gasteiger partial charge in [0.15, 0.2) is 0 Å². The van der Waals surface area contributed by atoms with Crippen molar-refractivity contribution in [2.45, 2.75) is 0 Å². The zero-order chi connectivity index (χ0) is 9.30. The summed E-state index contributed by atoms with van der Waals surface area (Å²) in [6.45, 7) is 0. The van der Waals surface area contributed by atoms with E-state index in [0.29, 0.717) is 9.50 Å². The minimum atomic E-state index is -1.09. The van der Waals surface area contributed by atoms with E-state index < -0.39 is 5.97 Å². The van der Waals surface area contributed by atoms with Crippen molar-refractivity contribution in [3.63, 3.8) is 0 Å². The smallest absolute Gasteiger partial charge is 0.337 e. The summed E-state index contributed by atoms with van der Waals surface area (Å²) in [5.41, 5.74) is 0.00451. The van der Waals surface area contributed by atoms with Crippen LogP contribution < -0.4 is 0 Å². The Morgan fingerprint density at radius 3 is 2.42 bits per heavy atom. The molecule has 0 atom stereocenters. The molecule has 0 unspecified atom stereocenters. The Balaban J connectivity index is 3.33.